The molecule has 0 unspecified atom stereocenters. The summed E-state index contributed by atoms with van der Waals surface area (Å²) < 4.78 is 10.6. The van der Waals surface area contributed by atoms with Crippen LogP contribution in [0.4, 0.5) is 0 Å². The summed E-state index contributed by atoms with van der Waals surface area (Å²) in [5.74, 6) is 0.306. The standard InChI is InChI=1S/C29H28N2O2/c1-5-30-19(3)27(23-15-9-11-17-25(23)30)21-13-7-8-14-22(21)29(32)33-28-20(4)31(6-2)26-18-12-10-16-24(26)28/h7-18H,5-6H2,1-4H3. The first-order valence-corrected chi connectivity index (χ1v) is 11.5. The number of carbonyl (C=O) groups is 1. The van der Waals surface area contributed by atoms with Crippen LogP contribution >= 0.6 is 0 Å². The second kappa shape index (κ2) is 8.28. The Labute approximate surface area is 194 Å². The largest absolute Gasteiger partial charge is 0.420 e. The summed E-state index contributed by atoms with van der Waals surface area (Å²) in [5, 5.41) is 2.11. The quantitative estimate of drug-likeness (QED) is 0.275. The first kappa shape index (κ1) is 21.1. The van der Waals surface area contributed by atoms with Gasteiger partial charge in [-0.1, -0.05) is 48.5 Å². The number of benzene rings is 3. The smallest absolute Gasteiger partial charge is 0.344 e. The van der Waals surface area contributed by atoms with Crippen LogP contribution in [0.15, 0.2) is 72.8 Å². The van der Waals surface area contributed by atoms with Gasteiger partial charge in [-0.2, -0.15) is 0 Å². The number of carbonyl (C=O) groups excluding carboxylic acids is 1. The Morgan fingerprint density at radius 1 is 0.727 bits per heavy atom. The number of aromatic nitrogens is 2. The van der Waals surface area contributed by atoms with Crippen LogP contribution in [0.2, 0.25) is 0 Å². The van der Waals surface area contributed by atoms with Crippen molar-refractivity contribution in [2.45, 2.75) is 40.8 Å². The maximum Gasteiger partial charge on any atom is 0.344 e. The van der Waals surface area contributed by atoms with Gasteiger partial charge in [0.15, 0.2) is 5.75 Å². The maximum atomic E-state index is 13.6. The van der Waals surface area contributed by atoms with E-state index in [4.69, 9.17) is 4.74 Å². The van der Waals surface area contributed by atoms with Gasteiger partial charge in [0.2, 0.25) is 0 Å². The van der Waals surface area contributed by atoms with E-state index in [2.05, 4.69) is 60.2 Å². The molecule has 33 heavy (non-hydrogen) atoms. The molecule has 3 aromatic carbocycles. The highest BCUT2D eigenvalue weighted by atomic mass is 16.5. The van der Waals surface area contributed by atoms with Gasteiger partial charge in [0, 0.05) is 40.6 Å². The predicted molar refractivity (Wildman–Crippen MR) is 135 cm³/mol. The number of hydrogen-bond donors (Lipinski definition) is 0. The minimum Gasteiger partial charge on any atom is -0.420 e. The third-order valence-corrected chi connectivity index (χ3v) is 6.65. The van der Waals surface area contributed by atoms with Crippen LogP contribution in [-0.2, 0) is 13.1 Å². The average molecular weight is 437 g/mol. The van der Waals surface area contributed by atoms with Crippen LogP contribution in [-0.4, -0.2) is 15.1 Å². The molecule has 0 aliphatic rings. The Morgan fingerprint density at radius 2 is 1.27 bits per heavy atom. The van der Waals surface area contributed by atoms with Gasteiger partial charge in [-0.05, 0) is 57.5 Å². The fourth-order valence-electron chi connectivity index (χ4n) is 5.14. The summed E-state index contributed by atoms with van der Waals surface area (Å²) in [5.41, 5.74) is 6.94. The molecule has 0 spiro atoms. The number of nitrogens with zero attached hydrogens (tertiary/aromatic N) is 2. The zero-order chi connectivity index (χ0) is 23.1. The van der Waals surface area contributed by atoms with Gasteiger partial charge in [0.1, 0.15) is 0 Å². The molecule has 0 aliphatic carbocycles. The van der Waals surface area contributed by atoms with Gasteiger partial charge in [-0.3, -0.25) is 0 Å². The molecular weight excluding hydrogens is 408 g/mol. The number of ether oxygens (including phenoxy) is 1. The summed E-state index contributed by atoms with van der Waals surface area (Å²) >= 11 is 0. The minimum absolute atomic E-state index is 0.333. The highest BCUT2D eigenvalue weighted by Gasteiger charge is 2.23. The Balaban J connectivity index is 1.65. The molecular formula is C29H28N2O2. The third-order valence-electron chi connectivity index (χ3n) is 6.65. The molecule has 0 aliphatic heterocycles. The Morgan fingerprint density at radius 3 is 1.97 bits per heavy atom. The summed E-state index contributed by atoms with van der Waals surface area (Å²) in [4.78, 5) is 13.6. The molecule has 0 bridgehead atoms. The summed E-state index contributed by atoms with van der Waals surface area (Å²) in [6, 6.07) is 24.2. The van der Waals surface area contributed by atoms with Gasteiger partial charge >= 0.3 is 5.97 Å². The van der Waals surface area contributed by atoms with E-state index in [1.165, 1.54) is 5.52 Å². The average Bonchev–Trinajstić information content (AvgIpc) is 3.28. The van der Waals surface area contributed by atoms with Gasteiger partial charge in [-0.15, -0.1) is 0 Å². The molecule has 0 saturated heterocycles. The van der Waals surface area contributed by atoms with E-state index in [1.54, 1.807) is 0 Å². The summed E-state index contributed by atoms with van der Waals surface area (Å²) in [6.07, 6.45) is 0. The fraction of sp³-hybridized carbons (Fsp3) is 0.207. The number of rotatable bonds is 5. The van der Waals surface area contributed by atoms with Crippen LogP contribution in [0, 0.1) is 13.8 Å². The highest BCUT2D eigenvalue weighted by Crippen LogP contribution is 2.38. The monoisotopic (exact) mass is 436 g/mol. The number of esters is 1. The molecule has 0 amide bonds. The number of hydrogen-bond acceptors (Lipinski definition) is 2. The minimum atomic E-state index is -0.333. The second-order valence-corrected chi connectivity index (χ2v) is 8.33. The highest BCUT2D eigenvalue weighted by molar-refractivity contribution is 6.06. The normalized spacial score (nSPS) is 11.4. The van der Waals surface area contributed by atoms with E-state index in [0.29, 0.717) is 11.3 Å². The number of aryl methyl sites for hydroxylation is 2. The van der Waals surface area contributed by atoms with Crippen molar-refractivity contribution in [1.29, 1.82) is 0 Å². The van der Waals surface area contributed by atoms with Gasteiger partial charge in [0.25, 0.3) is 0 Å². The van der Waals surface area contributed by atoms with E-state index in [-0.39, 0.29) is 5.97 Å². The Hall–Kier alpha value is -3.79. The molecule has 0 fully saturated rings. The van der Waals surface area contributed by atoms with Gasteiger partial charge in [0.05, 0.1) is 16.8 Å². The second-order valence-electron chi connectivity index (χ2n) is 8.33. The van der Waals surface area contributed by atoms with E-state index < -0.39 is 0 Å². The van der Waals surface area contributed by atoms with Crippen LogP contribution in [0.3, 0.4) is 0 Å². The van der Waals surface area contributed by atoms with Crippen molar-refractivity contribution in [2.24, 2.45) is 0 Å². The van der Waals surface area contributed by atoms with Crippen molar-refractivity contribution in [3.05, 3.63) is 89.7 Å². The Kier molecular flexibility index (Phi) is 5.29. The van der Waals surface area contributed by atoms with Crippen molar-refractivity contribution in [1.82, 2.24) is 9.13 Å². The lowest BCUT2D eigenvalue weighted by Crippen LogP contribution is -2.11. The van der Waals surface area contributed by atoms with Gasteiger partial charge < -0.3 is 13.9 Å². The molecule has 2 heterocycles. The lowest BCUT2D eigenvalue weighted by molar-refractivity contribution is 0.0736. The zero-order valence-corrected chi connectivity index (χ0v) is 19.6. The van der Waals surface area contributed by atoms with E-state index in [9.17, 15) is 4.79 Å². The molecule has 5 aromatic rings. The SMILES string of the molecule is CCn1c(C)c(OC(=O)c2ccccc2-c2c(C)n(CC)c3ccccc23)c2ccccc21. The summed E-state index contributed by atoms with van der Waals surface area (Å²) in [7, 11) is 0. The molecule has 0 radical (unpaired) electrons. The molecule has 0 atom stereocenters. The Bertz CT molecular complexity index is 1500. The van der Waals surface area contributed by atoms with Crippen molar-refractivity contribution in [3.63, 3.8) is 0 Å². The summed E-state index contributed by atoms with van der Waals surface area (Å²) in [6.45, 7) is 10.1. The van der Waals surface area contributed by atoms with Crippen molar-refractivity contribution >= 4 is 27.8 Å². The van der Waals surface area contributed by atoms with Crippen LogP contribution in [0.5, 0.6) is 5.75 Å². The fourth-order valence-corrected chi connectivity index (χ4v) is 5.14. The first-order chi connectivity index (χ1) is 16.1. The van der Waals surface area contributed by atoms with Crippen LogP contribution in [0.25, 0.3) is 32.9 Å². The lowest BCUT2D eigenvalue weighted by atomic mass is 9.97. The lowest BCUT2D eigenvalue weighted by Gasteiger charge is -2.11. The van der Waals surface area contributed by atoms with Crippen molar-refractivity contribution < 1.29 is 9.53 Å². The molecule has 2 aromatic heterocycles. The maximum absolute atomic E-state index is 13.6. The molecule has 5 rings (SSSR count). The van der Waals surface area contributed by atoms with Crippen LogP contribution in [0.1, 0.15) is 35.6 Å². The van der Waals surface area contributed by atoms with E-state index in [0.717, 1.165) is 51.9 Å². The number of para-hydroxylation sites is 2. The zero-order valence-electron chi connectivity index (χ0n) is 19.6. The van der Waals surface area contributed by atoms with E-state index >= 15 is 0 Å². The molecule has 0 N–H and O–H groups in total. The molecule has 166 valence electrons. The molecule has 0 saturated carbocycles. The van der Waals surface area contributed by atoms with Gasteiger partial charge in [-0.25, -0.2) is 4.79 Å². The topological polar surface area (TPSA) is 36.2 Å². The molecule has 4 nitrogen and oxygen atoms in total. The number of fused-ring (bicyclic) bond motifs is 2. The predicted octanol–water partition coefficient (Wildman–Crippen LogP) is 7.14. The van der Waals surface area contributed by atoms with E-state index in [1.807, 2.05) is 49.4 Å². The third kappa shape index (κ3) is 3.25. The van der Waals surface area contributed by atoms with Crippen molar-refractivity contribution in [2.75, 3.05) is 0 Å². The van der Waals surface area contributed by atoms with Crippen molar-refractivity contribution in [3.8, 4) is 16.9 Å². The van der Waals surface area contributed by atoms with Crippen LogP contribution < -0.4 is 4.74 Å². The first-order valence-electron chi connectivity index (χ1n) is 11.5. The molecule has 4 heteroatoms.